The van der Waals surface area contributed by atoms with Crippen molar-refractivity contribution in [2.75, 3.05) is 16.8 Å². The fourth-order valence-corrected chi connectivity index (χ4v) is 4.19. The maximum atomic E-state index is 11.9. The van der Waals surface area contributed by atoms with Crippen LogP contribution in [0.25, 0.3) is 0 Å². The van der Waals surface area contributed by atoms with Crippen LogP contribution in [0.3, 0.4) is 0 Å². The average molecular weight is 340 g/mol. The Kier molecular flexibility index (Phi) is 6.53. The molecule has 0 bridgehead atoms. The molecule has 2 aromatic rings. The molecular weight excluding hydrogens is 322 g/mol. The van der Waals surface area contributed by atoms with Gasteiger partial charge >= 0.3 is 0 Å². The molecule has 2 rings (SSSR count). The van der Waals surface area contributed by atoms with Crippen molar-refractivity contribution in [3.05, 3.63) is 35.4 Å². The van der Waals surface area contributed by atoms with Gasteiger partial charge in [-0.3, -0.25) is 10.1 Å². The van der Waals surface area contributed by atoms with E-state index in [1.165, 1.54) is 22.5 Å². The lowest BCUT2D eigenvalue weighted by Crippen LogP contribution is -2.14. The summed E-state index contributed by atoms with van der Waals surface area (Å²) in [7, 11) is 0. The molecular formula is C14H17N3OS3. The Bertz CT molecular complexity index is 601. The third-order valence-electron chi connectivity index (χ3n) is 2.67. The molecule has 1 amide bonds. The largest absolute Gasteiger partial charge is 0.300 e. The number of anilines is 1. The Hall–Kier alpha value is -1.05. The fraction of sp³-hybridized carbons (Fsp3) is 0.357. The molecule has 112 valence electrons. The SMILES string of the molecule is CCSc1nnc(NC(=O)CSCc2ccccc2C)s1. The lowest BCUT2D eigenvalue weighted by molar-refractivity contribution is -0.113. The number of nitrogens with one attached hydrogen (secondary N) is 1. The van der Waals surface area contributed by atoms with Gasteiger partial charge in [0.2, 0.25) is 11.0 Å². The second-order valence-electron chi connectivity index (χ2n) is 4.27. The number of aryl methyl sites for hydroxylation is 1. The summed E-state index contributed by atoms with van der Waals surface area (Å²) < 4.78 is 0.889. The molecule has 1 aromatic carbocycles. The molecule has 0 aliphatic rings. The van der Waals surface area contributed by atoms with Gasteiger partial charge in [-0.2, -0.15) is 0 Å². The number of amides is 1. The van der Waals surface area contributed by atoms with E-state index in [2.05, 4.69) is 41.5 Å². The van der Waals surface area contributed by atoms with Crippen LogP contribution in [0.5, 0.6) is 0 Å². The second-order valence-corrected chi connectivity index (χ2v) is 7.75. The Morgan fingerprint density at radius 1 is 1.33 bits per heavy atom. The second kappa shape index (κ2) is 8.41. The summed E-state index contributed by atoms with van der Waals surface area (Å²) in [5.74, 6) is 2.18. The van der Waals surface area contributed by atoms with Crippen molar-refractivity contribution in [1.82, 2.24) is 10.2 Å². The summed E-state index contributed by atoms with van der Waals surface area (Å²) in [4.78, 5) is 11.9. The molecule has 0 aliphatic carbocycles. The van der Waals surface area contributed by atoms with Crippen LogP contribution in [0.2, 0.25) is 0 Å². The van der Waals surface area contributed by atoms with Crippen LogP contribution in [0.4, 0.5) is 5.13 Å². The number of nitrogens with zero attached hydrogens (tertiary/aromatic N) is 2. The van der Waals surface area contributed by atoms with E-state index in [-0.39, 0.29) is 5.91 Å². The summed E-state index contributed by atoms with van der Waals surface area (Å²) in [5, 5.41) is 11.3. The number of hydrogen-bond acceptors (Lipinski definition) is 6. The number of hydrogen-bond donors (Lipinski definition) is 1. The zero-order valence-electron chi connectivity index (χ0n) is 12.0. The zero-order chi connectivity index (χ0) is 15.1. The highest BCUT2D eigenvalue weighted by Crippen LogP contribution is 2.25. The van der Waals surface area contributed by atoms with Gasteiger partial charge in [0.1, 0.15) is 0 Å². The van der Waals surface area contributed by atoms with Crippen molar-refractivity contribution in [1.29, 1.82) is 0 Å². The Labute approximate surface area is 137 Å². The van der Waals surface area contributed by atoms with E-state index in [4.69, 9.17) is 0 Å². The van der Waals surface area contributed by atoms with Crippen LogP contribution in [0.1, 0.15) is 18.1 Å². The first kappa shape index (κ1) is 16.3. The number of aromatic nitrogens is 2. The van der Waals surface area contributed by atoms with Gasteiger partial charge in [0, 0.05) is 5.75 Å². The molecule has 0 fully saturated rings. The lowest BCUT2D eigenvalue weighted by atomic mass is 10.1. The van der Waals surface area contributed by atoms with Crippen LogP contribution in [-0.2, 0) is 10.5 Å². The number of benzene rings is 1. The van der Waals surface area contributed by atoms with E-state index >= 15 is 0 Å². The quantitative estimate of drug-likeness (QED) is 0.614. The first-order valence-corrected chi connectivity index (χ1v) is 9.53. The Morgan fingerprint density at radius 2 is 2.14 bits per heavy atom. The Balaban J connectivity index is 1.75. The van der Waals surface area contributed by atoms with Gasteiger partial charge in [-0.1, -0.05) is 54.3 Å². The maximum Gasteiger partial charge on any atom is 0.236 e. The maximum absolute atomic E-state index is 11.9. The molecule has 0 radical (unpaired) electrons. The Morgan fingerprint density at radius 3 is 2.90 bits per heavy atom. The van der Waals surface area contributed by atoms with Crippen molar-refractivity contribution in [3.8, 4) is 0 Å². The summed E-state index contributed by atoms with van der Waals surface area (Å²) in [5.41, 5.74) is 2.53. The number of carbonyl (C=O) groups excluding carboxylic acids is 1. The molecule has 0 spiro atoms. The summed E-state index contributed by atoms with van der Waals surface area (Å²) in [6, 6.07) is 8.23. The van der Waals surface area contributed by atoms with Crippen molar-refractivity contribution in [3.63, 3.8) is 0 Å². The van der Waals surface area contributed by atoms with Crippen LogP contribution >= 0.6 is 34.9 Å². The number of rotatable bonds is 7. The summed E-state index contributed by atoms with van der Waals surface area (Å²) in [6.45, 7) is 4.15. The van der Waals surface area contributed by atoms with Crippen LogP contribution in [0.15, 0.2) is 28.6 Å². The zero-order valence-corrected chi connectivity index (χ0v) is 14.4. The highest BCUT2D eigenvalue weighted by Gasteiger charge is 2.08. The van der Waals surface area contributed by atoms with Crippen molar-refractivity contribution in [2.24, 2.45) is 0 Å². The van der Waals surface area contributed by atoms with Gasteiger partial charge < -0.3 is 0 Å². The van der Waals surface area contributed by atoms with Crippen LogP contribution in [0, 0.1) is 6.92 Å². The third-order valence-corrected chi connectivity index (χ3v) is 5.51. The third kappa shape index (κ3) is 5.33. The van der Waals surface area contributed by atoms with E-state index in [9.17, 15) is 4.79 Å². The summed E-state index contributed by atoms with van der Waals surface area (Å²) in [6.07, 6.45) is 0. The number of thioether (sulfide) groups is 2. The molecule has 7 heteroatoms. The molecule has 0 aliphatic heterocycles. The molecule has 0 atom stereocenters. The van der Waals surface area contributed by atoms with Gasteiger partial charge in [0.15, 0.2) is 4.34 Å². The molecule has 0 unspecified atom stereocenters. The minimum absolute atomic E-state index is 0.0298. The van der Waals surface area contributed by atoms with Gasteiger partial charge in [-0.25, -0.2) is 0 Å². The minimum atomic E-state index is -0.0298. The monoisotopic (exact) mass is 339 g/mol. The topological polar surface area (TPSA) is 54.9 Å². The van der Waals surface area contributed by atoms with Crippen molar-refractivity contribution >= 4 is 45.9 Å². The van der Waals surface area contributed by atoms with Gasteiger partial charge in [-0.05, 0) is 23.8 Å². The number of carbonyl (C=O) groups is 1. The highest BCUT2D eigenvalue weighted by atomic mass is 32.2. The molecule has 1 heterocycles. The van der Waals surface area contributed by atoms with Gasteiger partial charge in [0.25, 0.3) is 0 Å². The highest BCUT2D eigenvalue weighted by molar-refractivity contribution is 8.01. The first-order chi connectivity index (χ1) is 10.2. The summed E-state index contributed by atoms with van der Waals surface area (Å²) >= 11 is 4.65. The van der Waals surface area contributed by atoms with Gasteiger partial charge in [0.05, 0.1) is 5.75 Å². The van der Waals surface area contributed by atoms with Crippen LogP contribution < -0.4 is 5.32 Å². The smallest absolute Gasteiger partial charge is 0.236 e. The predicted molar refractivity (Wildman–Crippen MR) is 92.3 cm³/mol. The van der Waals surface area contributed by atoms with Crippen LogP contribution in [-0.4, -0.2) is 27.6 Å². The first-order valence-electron chi connectivity index (χ1n) is 6.57. The molecule has 0 saturated heterocycles. The standard InChI is InChI=1S/C14H17N3OS3/c1-3-20-14-17-16-13(21-14)15-12(18)9-19-8-11-7-5-4-6-10(11)2/h4-7H,3,8-9H2,1-2H3,(H,15,16,18). The van der Waals surface area contributed by atoms with E-state index in [0.29, 0.717) is 10.9 Å². The van der Waals surface area contributed by atoms with Crippen molar-refractivity contribution < 1.29 is 4.79 Å². The molecule has 0 saturated carbocycles. The molecule has 21 heavy (non-hydrogen) atoms. The molecule has 1 aromatic heterocycles. The average Bonchev–Trinajstić information content (AvgIpc) is 2.88. The minimum Gasteiger partial charge on any atom is -0.300 e. The van der Waals surface area contributed by atoms with E-state index < -0.39 is 0 Å². The van der Waals surface area contributed by atoms with Gasteiger partial charge in [-0.15, -0.1) is 22.0 Å². The predicted octanol–water partition coefficient (Wildman–Crippen LogP) is 3.83. The fourth-order valence-electron chi connectivity index (χ4n) is 1.62. The normalized spacial score (nSPS) is 10.6. The lowest BCUT2D eigenvalue weighted by Gasteiger charge is -2.05. The van der Waals surface area contributed by atoms with E-state index in [1.54, 1.807) is 23.5 Å². The van der Waals surface area contributed by atoms with E-state index in [1.807, 2.05) is 12.1 Å². The van der Waals surface area contributed by atoms with E-state index in [0.717, 1.165) is 15.8 Å². The molecule has 1 N–H and O–H groups in total. The molecule has 4 nitrogen and oxygen atoms in total. The van der Waals surface area contributed by atoms with Crippen molar-refractivity contribution in [2.45, 2.75) is 23.9 Å².